The number of benzene rings is 2. The van der Waals surface area contributed by atoms with E-state index in [9.17, 15) is 19.2 Å². The fourth-order valence-corrected chi connectivity index (χ4v) is 5.93. The highest BCUT2D eigenvalue weighted by atomic mass is 32.1. The Hall–Kier alpha value is -4.12. The largest absolute Gasteiger partial charge is 0.493 e. The lowest BCUT2D eigenvalue weighted by Crippen LogP contribution is -2.28. The van der Waals surface area contributed by atoms with Gasteiger partial charge in [0.1, 0.15) is 5.75 Å². The molecule has 1 amide bonds. The third kappa shape index (κ3) is 7.64. The first-order valence-electron chi connectivity index (χ1n) is 14.3. The maximum atomic E-state index is 12.6. The third-order valence-electron chi connectivity index (χ3n) is 7.54. The van der Waals surface area contributed by atoms with Crippen LogP contribution in [0.3, 0.4) is 0 Å². The molecular weight excluding hydrogens is 574 g/mol. The lowest BCUT2D eigenvalue weighted by atomic mass is 10.0. The second kappa shape index (κ2) is 13.9. The molecule has 11 heteroatoms. The number of carboxylic acid groups (broad SMARTS) is 2. The summed E-state index contributed by atoms with van der Waals surface area (Å²) in [6.07, 6.45) is 1.26. The van der Waals surface area contributed by atoms with Crippen LogP contribution in [0.2, 0.25) is 0 Å². The van der Waals surface area contributed by atoms with Crippen LogP contribution in [0, 0.1) is 11.8 Å². The molecule has 1 aliphatic rings. The predicted molar refractivity (Wildman–Crippen MR) is 161 cm³/mol. The van der Waals surface area contributed by atoms with Crippen LogP contribution in [-0.2, 0) is 33.9 Å². The third-order valence-corrected chi connectivity index (χ3v) is 8.67. The molecule has 2 aromatic carbocycles. The quantitative estimate of drug-likeness (QED) is 0.167. The number of thiophene rings is 1. The number of fused-ring (bicyclic) bond motifs is 2. The molecule has 0 saturated heterocycles. The summed E-state index contributed by atoms with van der Waals surface area (Å²) < 4.78 is 18.6. The van der Waals surface area contributed by atoms with E-state index in [4.69, 9.17) is 24.4 Å². The number of ether oxygens (including phenoxy) is 3. The summed E-state index contributed by atoms with van der Waals surface area (Å²) in [7, 11) is 1.56. The van der Waals surface area contributed by atoms with Gasteiger partial charge in [-0.2, -0.15) is 0 Å². The van der Waals surface area contributed by atoms with E-state index < -0.39 is 23.8 Å². The smallest absolute Gasteiger partial charge is 0.306 e. The molecule has 0 aliphatic carbocycles. The van der Waals surface area contributed by atoms with Crippen molar-refractivity contribution in [1.82, 2.24) is 4.90 Å². The van der Waals surface area contributed by atoms with Gasteiger partial charge in [-0.05, 0) is 58.8 Å². The van der Waals surface area contributed by atoms with Gasteiger partial charge in [-0.1, -0.05) is 20.8 Å². The number of hydrogen-bond donors (Lipinski definition) is 2. The van der Waals surface area contributed by atoms with Gasteiger partial charge in [0.15, 0.2) is 17.3 Å². The number of carbonyl (C=O) groups excluding carboxylic acids is 2. The van der Waals surface area contributed by atoms with Crippen molar-refractivity contribution in [3.05, 3.63) is 51.9 Å². The Morgan fingerprint density at radius 1 is 0.860 bits per heavy atom. The van der Waals surface area contributed by atoms with Crippen LogP contribution in [0.25, 0.3) is 10.1 Å². The zero-order valence-corrected chi connectivity index (χ0v) is 25.6. The summed E-state index contributed by atoms with van der Waals surface area (Å²) in [6.45, 7) is 6.65. The number of Topliss-reactive ketones (excluding diaryl/α,β-unsaturated/α-hetero) is 1. The Labute approximate surface area is 254 Å². The van der Waals surface area contributed by atoms with Crippen molar-refractivity contribution in [2.45, 2.75) is 59.5 Å². The first kappa shape index (κ1) is 31.8. The second-order valence-electron chi connectivity index (χ2n) is 10.8. The zero-order valence-electron chi connectivity index (χ0n) is 24.8. The Morgan fingerprint density at radius 2 is 1.47 bits per heavy atom. The van der Waals surface area contributed by atoms with Gasteiger partial charge in [0.25, 0.3) is 0 Å². The van der Waals surface area contributed by atoms with E-state index in [0.717, 1.165) is 38.9 Å². The summed E-state index contributed by atoms with van der Waals surface area (Å²) in [4.78, 5) is 49.7. The molecule has 0 bridgehead atoms. The SMILES string of the molecule is CCc1cc2sc(C(=O)C[C@H](C)C(=O)O)cc2cc1OCCCOc1cc2c(cc1OC)CN(C(=O)C[C@H](C)C(=O)O)C2. The summed E-state index contributed by atoms with van der Waals surface area (Å²) in [5.41, 5.74) is 2.90. The van der Waals surface area contributed by atoms with Crippen LogP contribution >= 0.6 is 11.3 Å². The number of carbonyl (C=O) groups is 4. The molecule has 43 heavy (non-hydrogen) atoms. The van der Waals surface area contributed by atoms with Crippen molar-refractivity contribution < 1.29 is 43.6 Å². The van der Waals surface area contributed by atoms with Crippen molar-refractivity contribution in [3.8, 4) is 17.2 Å². The van der Waals surface area contributed by atoms with E-state index >= 15 is 0 Å². The number of carboxylic acids is 2. The predicted octanol–water partition coefficient (Wildman–Crippen LogP) is 5.57. The molecule has 0 radical (unpaired) electrons. The number of amides is 1. The van der Waals surface area contributed by atoms with E-state index in [2.05, 4.69) is 0 Å². The van der Waals surface area contributed by atoms with Crippen LogP contribution in [0.1, 0.15) is 66.4 Å². The second-order valence-corrected chi connectivity index (χ2v) is 11.9. The zero-order chi connectivity index (χ0) is 31.3. The van der Waals surface area contributed by atoms with Crippen LogP contribution < -0.4 is 14.2 Å². The number of rotatable bonds is 15. The molecule has 1 aromatic heterocycles. The molecule has 2 N–H and O–H groups in total. The highest BCUT2D eigenvalue weighted by Gasteiger charge is 2.28. The van der Waals surface area contributed by atoms with Gasteiger partial charge in [-0.15, -0.1) is 11.3 Å². The van der Waals surface area contributed by atoms with Crippen molar-refractivity contribution in [3.63, 3.8) is 0 Å². The molecular formula is C32H37NO9S. The van der Waals surface area contributed by atoms with E-state index in [-0.39, 0.29) is 24.5 Å². The summed E-state index contributed by atoms with van der Waals surface area (Å²) in [5.74, 6) is -1.97. The van der Waals surface area contributed by atoms with Crippen molar-refractivity contribution in [2.75, 3.05) is 20.3 Å². The molecule has 0 unspecified atom stereocenters. The van der Waals surface area contributed by atoms with E-state index in [1.807, 2.05) is 31.2 Å². The fraction of sp³-hybridized carbons (Fsp3) is 0.438. The maximum Gasteiger partial charge on any atom is 0.306 e. The number of aliphatic carboxylic acids is 2. The monoisotopic (exact) mass is 611 g/mol. The standard InChI is InChI=1S/C32H37NO9S/c1-5-20-14-28-21(15-29(43-28)24(34)9-18(2)31(36)37)11-25(20)41-7-6-8-42-27-13-23-17-33(16-22(23)12-26(27)40-4)30(35)10-19(3)32(38)39/h11-15,18-19H,5-10,16-17H2,1-4H3,(H,36,37)(H,38,39)/t18-,19-/m0/s1. The lowest BCUT2D eigenvalue weighted by molar-refractivity contribution is -0.145. The average Bonchev–Trinajstić information content (AvgIpc) is 3.59. The summed E-state index contributed by atoms with van der Waals surface area (Å²) in [5, 5.41) is 19.1. The van der Waals surface area contributed by atoms with Crippen LogP contribution in [0.4, 0.5) is 0 Å². The molecule has 2 atom stereocenters. The highest BCUT2D eigenvalue weighted by Crippen LogP contribution is 2.36. The Kier molecular flexibility index (Phi) is 10.3. The van der Waals surface area contributed by atoms with Gasteiger partial charge in [0.05, 0.1) is 37.0 Å². The topological polar surface area (TPSA) is 140 Å². The van der Waals surface area contributed by atoms with Crippen molar-refractivity contribution >= 4 is 45.1 Å². The first-order valence-corrected chi connectivity index (χ1v) is 15.1. The van der Waals surface area contributed by atoms with Crippen molar-refractivity contribution in [2.24, 2.45) is 11.8 Å². The molecule has 0 saturated carbocycles. The normalized spacial score (nSPS) is 13.8. The van der Waals surface area contributed by atoms with E-state index in [0.29, 0.717) is 49.1 Å². The minimum atomic E-state index is -0.991. The minimum absolute atomic E-state index is 0.0381. The molecule has 230 valence electrons. The maximum absolute atomic E-state index is 12.6. The fourth-order valence-electron chi connectivity index (χ4n) is 4.88. The number of methoxy groups -OCH3 is 1. The first-order chi connectivity index (χ1) is 20.5. The molecule has 0 fully saturated rings. The molecule has 3 aromatic rings. The van der Waals surface area contributed by atoms with Gasteiger partial charge in [0.2, 0.25) is 5.91 Å². The Balaban J connectivity index is 1.34. The lowest BCUT2D eigenvalue weighted by Gasteiger charge is -2.16. The molecule has 4 rings (SSSR count). The number of hydrogen-bond acceptors (Lipinski definition) is 8. The van der Waals surface area contributed by atoms with E-state index in [1.54, 1.807) is 18.1 Å². The average molecular weight is 612 g/mol. The van der Waals surface area contributed by atoms with Crippen LogP contribution in [0.5, 0.6) is 17.2 Å². The molecule has 0 spiro atoms. The summed E-state index contributed by atoms with van der Waals surface area (Å²) >= 11 is 1.37. The van der Waals surface area contributed by atoms with Gasteiger partial charge in [0, 0.05) is 37.1 Å². The van der Waals surface area contributed by atoms with Gasteiger partial charge in [-0.25, -0.2) is 0 Å². The highest BCUT2D eigenvalue weighted by molar-refractivity contribution is 7.20. The van der Waals surface area contributed by atoms with Gasteiger partial charge < -0.3 is 29.3 Å². The van der Waals surface area contributed by atoms with E-state index in [1.165, 1.54) is 25.2 Å². The Morgan fingerprint density at radius 3 is 2.07 bits per heavy atom. The minimum Gasteiger partial charge on any atom is -0.493 e. The number of ketones is 1. The number of aryl methyl sites for hydroxylation is 1. The number of nitrogens with zero attached hydrogens (tertiary/aromatic N) is 1. The van der Waals surface area contributed by atoms with Crippen molar-refractivity contribution in [1.29, 1.82) is 0 Å². The molecule has 10 nitrogen and oxygen atoms in total. The van der Waals surface area contributed by atoms with Crippen LogP contribution in [-0.4, -0.2) is 59.1 Å². The van der Waals surface area contributed by atoms with Crippen LogP contribution in [0.15, 0.2) is 30.3 Å². The van der Waals surface area contributed by atoms with Gasteiger partial charge in [-0.3, -0.25) is 19.2 Å². The summed E-state index contributed by atoms with van der Waals surface area (Å²) in [6, 6.07) is 9.48. The van der Waals surface area contributed by atoms with Gasteiger partial charge >= 0.3 is 11.9 Å². The molecule has 2 heterocycles. The molecule has 1 aliphatic heterocycles. The Bertz CT molecular complexity index is 1530.